The van der Waals surface area contributed by atoms with Crippen molar-refractivity contribution in [3.63, 3.8) is 0 Å². The summed E-state index contributed by atoms with van der Waals surface area (Å²) in [7, 11) is 3.46. The van der Waals surface area contributed by atoms with Crippen LogP contribution in [0, 0.1) is 6.92 Å². The predicted molar refractivity (Wildman–Crippen MR) is 187 cm³/mol. The first-order valence-corrected chi connectivity index (χ1v) is 15.5. The second-order valence-corrected chi connectivity index (χ2v) is 11.7. The number of benzene rings is 3. The summed E-state index contributed by atoms with van der Waals surface area (Å²) < 4.78 is 7.99. The molecular formula is C36H33Cl2N5O4. The van der Waals surface area contributed by atoms with Gasteiger partial charge in [0.05, 0.1) is 23.7 Å². The van der Waals surface area contributed by atoms with Crippen LogP contribution in [-0.4, -0.2) is 40.9 Å². The number of pyridine rings is 1. The number of carbonyl (C=O) groups excluding carboxylic acids is 3. The predicted octanol–water partition coefficient (Wildman–Crippen LogP) is 6.74. The molecule has 0 atom stereocenters. The third kappa shape index (κ3) is 8.38. The second-order valence-electron chi connectivity index (χ2n) is 10.9. The SMILES string of the molecule is Cc1ccc2cccc(OCc3c(Cl)ccc(N(C)C(=O)CNC(=O)/C=C/c4ccc(NC(=O)Cc5cccn5C)cc4)c3Cl)c2n1. The van der Waals surface area contributed by atoms with Crippen LogP contribution in [0.5, 0.6) is 5.75 Å². The van der Waals surface area contributed by atoms with E-state index in [0.29, 0.717) is 27.7 Å². The Morgan fingerprint density at radius 2 is 1.77 bits per heavy atom. The van der Waals surface area contributed by atoms with E-state index in [1.165, 1.54) is 11.0 Å². The lowest BCUT2D eigenvalue weighted by Gasteiger charge is -2.21. The van der Waals surface area contributed by atoms with Gasteiger partial charge in [-0.25, -0.2) is 4.98 Å². The molecule has 5 aromatic rings. The summed E-state index contributed by atoms with van der Waals surface area (Å²) in [6.45, 7) is 1.72. The van der Waals surface area contributed by atoms with E-state index in [9.17, 15) is 14.4 Å². The molecule has 0 bridgehead atoms. The summed E-state index contributed by atoms with van der Waals surface area (Å²) in [5.41, 5.74) is 4.85. The van der Waals surface area contributed by atoms with E-state index in [1.807, 2.05) is 67.2 Å². The van der Waals surface area contributed by atoms with Crippen LogP contribution in [0.1, 0.15) is 22.5 Å². The second kappa shape index (κ2) is 15.0. The van der Waals surface area contributed by atoms with Crippen molar-refractivity contribution >= 4 is 69.3 Å². The molecule has 2 N–H and O–H groups in total. The van der Waals surface area contributed by atoms with Crippen LogP contribution in [0.2, 0.25) is 10.0 Å². The number of aryl methyl sites for hydroxylation is 2. The first kappa shape index (κ1) is 33.2. The first-order chi connectivity index (χ1) is 22.6. The largest absolute Gasteiger partial charge is 0.487 e. The van der Waals surface area contributed by atoms with Crippen LogP contribution in [0.3, 0.4) is 0 Å². The number of rotatable bonds is 11. The third-order valence-electron chi connectivity index (χ3n) is 7.52. The molecule has 3 aromatic carbocycles. The Morgan fingerprint density at radius 3 is 2.51 bits per heavy atom. The topological polar surface area (TPSA) is 106 Å². The number of ether oxygens (including phenoxy) is 1. The summed E-state index contributed by atoms with van der Waals surface area (Å²) in [4.78, 5) is 43.8. The van der Waals surface area contributed by atoms with Gasteiger partial charge in [0.15, 0.2) is 0 Å². The van der Waals surface area contributed by atoms with Crippen LogP contribution >= 0.6 is 23.2 Å². The van der Waals surface area contributed by atoms with Crippen molar-refractivity contribution in [1.29, 1.82) is 0 Å². The zero-order valence-electron chi connectivity index (χ0n) is 26.1. The van der Waals surface area contributed by atoms with Crippen LogP contribution < -0.4 is 20.3 Å². The zero-order chi connectivity index (χ0) is 33.5. The zero-order valence-corrected chi connectivity index (χ0v) is 27.6. The molecule has 240 valence electrons. The van der Waals surface area contributed by atoms with Gasteiger partial charge in [-0.15, -0.1) is 0 Å². The number of nitrogens with one attached hydrogen (secondary N) is 2. The number of anilines is 2. The highest BCUT2D eigenvalue weighted by molar-refractivity contribution is 6.38. The Morgan fingerprint density at radius 1 is 0.979 bits per heavy atom. The van der Waals surface area contributed by atoms with Gasteiger partial charge in [0.25, 0.3) is 0 Å². The number of likely N-dealkylation sites (N-methyl/N-ethyl adjacent to an activating group) is 1. The Bertz CT molecular complexity index is 1970. The summed E-state index contributed by atoms with van der Waals surface area (Å²) in [5.74, 6) is -0.360. The number of aromatic nitrogens is 2. The normalized spacial score (nSPS) is 11.1. The number of para-hydroxylation sites is 1. The molecule has 0 aliphatic heterocycles. The van der Waals surface area contributed by atoms with Gasteiger partial charge in [0.2, 0.25) is 17.7 Å². The third-order valence-corrected chi connectivity index (χ3v) is 8.30. The molecule has 2 aromatic heterocycles. The quantitative estimate of drug-likeness (QED) is 0.152. The molecule has 0 unspecified atom stereocenters. The number of halogens is 2. The number of amides is 3. The van der Waals surface area contributed by atoms with Crippen LogP contribution in [-0.2, 0) is 34.5 Å². The fraction of sp³-hybridized carbons (Fsp3) is 0.167. The van der Waals surface area contributed by atoms with Crippen molar-refractivity contribution in [3.8, 4) is 5.75 Å². The Hall–Kier alpha value is -5.12. The molecule has 9 nitrogen and oxygen atoms in total. The standard InChI is InChI=1S/C36H33Cl2N5O4/c1-23-9-13-25-6-4-8-31(36(25)40-23)47-22-28-29(37)16-17-30(35(28)38)43(3)34(46)21-39-32(44)18-12-24-10-14-26(15-11-24)41-33(45)20-27-7-5-19-42(27)2/h4-19H,20-22H2,1-3H3,(H,39,44)(H,41,45)/b18-12+. The lowest BCUT2D eigenvalue weighted by molar-refractivity contribution is -0.122. The number of hydrogen-bond acceptors (Lipinski definition) is 5. The minimum atomic E-state index is -0.443. The summed E-state index contributed by atoms with van der Waals surface area (Å²) in [5, 5.41) is 7.07. The van der Waals surface area contributed by atoms with E-state index in [4.69, 9.17) is 27.9 Å². The summed E-state index contributed by atoms with van der Waals surface area (Å²) in [6, 6.07) is 23.7. The average Bonchev–Trinajstić information content (AvgIpc) is 3.46. The number of hydrogen-bond donors (Lipinski definition) is 2. The molecule has 11 heteroatoms. The van der Waals surface area contributed by atoms with Crippen LogP contribution in [0.25, 0.3) is 17.0 Å². The Labute approximate surface area is 282 Å². The Kier molecular flexibility index (Phi) is 10.6. The van der Waals surface area contributed by atoms with Crippen molar-refractivity contribution in [2.24, 2.45) is 7.05 Å². The molecule has 0 saturated heterocycles. The molecule has 2 heterocycles. The van der Waals surface area contributed by atoms with Gasteiger partial charge in [-0.05, 0) is 67.1 Å². The minimum Gasteiger partial charge on any atom is -0.487 e. The van der Waals surface area contributed by atoms with E-state index in [2.05, 4.69) is 15.6 Å². The highest BCUT2D eigenvalue weighted by atomic mass is 35.5. The molecule has 0 fully saturated rings. The van der Waals surface area contributed by atoms with Gasteiger partial charge in [-0.1, -0.05) is 53.5 Å². The summed E-state index contributed by atoms with van der Waals surface area (Å²) >= 11 is 13.2. The maximum atomic E-state index is 13.0. The van der Waals surface area contributed by atoms with Gasteiger partial charge in [-0.3, -0.25) is 14.4 Å². The van der Waals surface area contributed by atoms with Gasteiger partial charge >= 0.3 is 0 Å². The molecule has 0 aliphatic carbocycles. The van der Waals surface area contributed by atoms with Crippen molar-refractivity contribution in [1.82, 2.24) is 14.9 Å². The molecular weight excluding hydrogens is 637 g/mol. The molecule has 3 amide bonds. The fourth-order valence-electron chi connectivity index (χ4n) is 4.83. The number of fused-ring (bicyclic) bond motifs is 1. The van der Waals surface area contributed by atoms with Crippen LogP contribution in [0.15, 0.2) is 91.1 Å². The average molecular weight is 671 g/mol. The lowest BCUT2D eigenvalue weighted by Crippen LogP contribution is -2.37. The molecule has 5 rings (SSSR count). The molecule has 47 heavy (non-hydrogen) atoms. The highest BCUT2D eigenvalue weighted by Crippen LogP contribution is 2.35. The summed E-state index contributed by atoms with van der Waals surface area (Å²) in [6.07, 6.45) is 5.12. The molecule has 0 aliphatic rings. The minimum absolute atomic E-state index is 0.0603. The van der Waals surface area contributed by atoms with Gasteiger partial charge < -0.3 is 24.8 Å². The van der Waals surface area contributed by atoms with Gasteiger partial charge in [-0.2, -0.15) is 0 Å². The highest BCUT2D eigenvalue weighted by Gasteiger charge is 2.19. The molecule has 0 saturated carbocycles. The van der Waals surface area contributed by atoms with E-state index < -0.39 is 5.91 Å². The maximum Gasteiger partial charge on any atom is 0.246 e. The van der Waals surface area contributed by atoms with Crippen molar-refractivity contribution in [2.45, 2.75) is 20.0 Å². The van der Waals surface area contributed by atoms with Crippen LogP contribution in [0.4, 0.5) is 11.4 Å². The van der Waals surface area contributed by atoms with E-state index in [0.717, 1.165) is 27.9 Å². The molecule has 0 spiro atoms. The van der Waals surface area contributed by atoms with Gasteiger partial charge in [0.1, 0.15) is 17.9 Å². The first-order valence-electron chi connectivity index (χ1n) is 14.8. The number of nitrogens with zero attached hydrogens (tertiary/aromatic N) is 3. The van der Waals surface area contributed by atoms with Crippen molar-refractivity contribution in [2.75, 3.05) is 23.8 Å². The van der Waals surface area contributed by atoms with Crippen molar-refractivity contribution in [3.05, 3.63) is 124 Å². The smallest absolute Gasteiger partial charge is 0.246 e. The Balaban J connectivity index is 1.14. The van der Waals surface area contributed by atoms with E-state index >= 15 is 0 Å². The van der Waals surface area contributed by atoms with Crippen molar-refractivity contribution < 1.29 is 19.1 Å². The van der Waals surface area contributed by atoms with E-state index in [1.54, 1.807) is 49.5 Å². The fourth-order valence-corrected chi connectivity index (χ4v) is 5.44. The monoisotopic (exact) mass is 669 g/mol. The van der Waals surface area contributed by atoms with Gasteiger partial charge in [0, 0.05) is 59.4 Å². The van der Waals surface area contributed by atoms with E-state index in [-0.39, 0.29) is 36.4 Å². The number of carbonyl (C=O) groups is 3. The lowest BCUT2D eigenvalue weighted by atomic mass is 10.1. The maximum absolute atomic E-state index is 13.0. The molecule has 0 radical (unpaired) electrons.